The van der Waals surface area contributed by atoms with E-state index < -0.39 is 0 Å². The first-order valence-electron chi connectivity index (χ1n) is 5.54. The van der Waals surface area contributed by atoms with E-state index in [0.717, 1.165) is 11.5 Å². The fraction of sp³-hybridized carbons (Fsp3) is 0.583. The number of rotatable bonds is 2. The SMILES string of the molecule is NCc1cncc(C2CCCCC2)c1. The molecule has 14 heavy (non-hydrogen) atoms. The smallest absolute Gasteiger partial charge is 0.0312 e. The molecule has 0 unspecified atom stereocenters. The van der Waals surface area contributed by atoms with E-state index in [1.54, 1.807) is 0 Å². The molecule has 0 amide bonds. The van der Waals surface area contributed by atoms with Crippen molar-refractivity contribution in [3.8, 4) is 0 Å². The van der Waals surface area contributed by atoms with Crippen molar-refractivity contribution in [2.75, 3.05) is 0 Å². The van der Waals surface area contributed by atoms with Gasteiger partial charge in [0.15, 0.2) is 0 Å². The minimum absolute atomic E-state index is 0.605. The van der Waals surface area contributed by atoms with Crippen molar-refractivity contribution in [1.82, 2.24) is 4.98 Å². The summed E-state index contributed by atoms with van der Waals surface area (Å²) in [4.78, 5) is 4.25. The maximum absolute atomic E-state index is 5.61. The Morgan fingerprint density at radius 2 is 2.00 bits per heavy atom. The van der Waals surface area contributed by atoms with Crippen molar-refractivity contribution in [3.05, 3.63) is 29.6 Å². The molecule has 0 radical (unpaired) electrons. The summed E-state index contributed by atoms with van der Waals surface area (Å²) in [5.74, 6) is 0.739. The van der Waals surface area contributed by atoms with Crippen LogP contribution < -0.4 is 5.73 Å². The van der Waals surface area contributed by atoms with E-state index in [1.807, 2.05) is 12.4 Å². The number of hydrogen-bond acceptors (Lipinski definition) is 2. The van der Waals surface area contributed by atoms with Crippen LogP contribution in [0.5, 0.6) is 0 Å². The average molecular weight is 190 g/mol. The first kappa shape index (κ1) is 9.66. The maximum atomic E-state index is 5.61. The molecule has 0 saturated heterocycles. The third kappa shape index (κ3) is 2.13. The lowest BCUT2D eigenvalue weighted by Gasteiger charge is -2.21. The Kier molecular flexibility index (Phi) is 3.14. The molecule has 2 N–H and O–H groups in total. The van der Waals surface area contributed by atoms with Gasteiger partial charge in [0, 0.05) is 18.9 Å². The molecule has 76 valence electrons. The lowest BCUT2D eigenvalue weighted by atomic mass is 9.84. The highest BCUT2D eigenvalue weighted by Gasteiger charge is 2.15. The molecule has 1 saturated carbocycles. The van der Waals surface area contributed by atoms with Gasteiger partial charge in [0.2, 0.25) is 0 Å². The molecule has 1 heterocycles. The Morgan fingerprint density at radius 3 is 2.71 bits per heavy atom. The lowest BCUT2D eigenvalue weighted by molar-refractivity contribution is 0.442. The molecule has 1 aromatic rings. The van der Waals surface area contributed by atoms with Crippen molar-refractivity contribution < 1.29 is 0 Å². The van der Waals surface area contributed by atoms with Gasteiger partial charge in [-0.2, -0.15) is 0 Å². The minimum Gasteiger partial charge on any atom is -0.326 e. The first-order chi connectivity index (χ1) is 6.90. The Bertz CT molecular complexity index is 290. The normalized spacial score (nSPS) is 18.4. The molecule has 1 aliphatic rings. The molecule has 2 nitrogen and oxygen atoms in total. The van der Waals surface area contributed by atoms with E-state index in [9.17, 15) is 0 Å². The number of pyridine rings is 1. The molecule has 0 bridgehead atoms. The third-order valence-electron chi connectivity index (χ3n) is 3.13. The van der Waals surface area contributed by atoms with E-state index in [-0.39, 0.29) is 0 Å². The van der Waals surface area contributed by atoms with Gasteiger partial charge in [0.1, 0.15) is 0 Å². The predicted molar refractivity (Wildman–Crippen MR) is 58.0 cm³/mol. The second-order valence-electron chi connectivity index (χ2n) is 4.17. The molecule has 2 heteroatoms. The van der Waals surface area contributed by atoms with Gasteiger partial charge in [-0.15, -0.1) is 0 Å². The molecule has 0 aliphatic heterocycles. The van der Waals surface area contributed by atoms with Gasteiger partial charge in [0.25, 0.3) is 0 Å². The Labute approximate surface area is 85.5 Å². The van der Waals surface area contributed by atoms with E-state index in [1.165, 1.54) is 37.7 Å². The van der Waals surface area contributed by atoms with Crippen LogP contribution >= 0.6 is 0 Å². The van der Waals surface area contributed by atoms with E-state index >= 15 is 0 Å². The van der Waals surface area contributed by atoms with Gasteiger partial charge in [-0.1, -0.05) is 25.3 Å². The molecular weight excluding hydrogens is 172 g/mol. The molecule has 1 fully saturated rings. The summed E-state index contributed by atoms with van der Waals surface area (Å²) < 4.78 is 0. The van der Waals surface area contributed by atoms with Crippen molar-refractivity contribution in [1.29, 1.82) is 0 Å². The highest BCUT2D eigenvalue weighted by molar-refractivity contribution is 5.21. The zero-order valence-electron chi connectivity index (χ0n) is 8.58. The molecule has 1 aromatic heterocycles. The lowest BCUT2D eigenvalue weighted by Crippen LogP contribution is -2.06. The second-order valence-corrected chi connectivity index (χ2v) is 4.17. The van der Waals surface area contributed by atoms with Crippen LogP contribution in [0.3, 0.4) is 0 Å². The second kappa shape index (κ2) is 4.56. The van der Waals surface area contributed by atoms with Crippen LogP contribution in [0.1, 0.15) is 49.1 Å². The Balaban J connectivity index is 2.13. The largest absolute Gasteiger partial charge is 0.326 e. The summed E-state index contributed by atoms with van der Waals surface area (Å²) in [5, 5.41) is 0. The van der Waals surface area contributed by atoms with Crippen molar-refractivity contribution in [2.24, 2.45) is 5.73 Å². The Hall–Kier alpha value is -0.890. The minimum atomic E-state index is 0.605. The van der Waals surface area contributed by atoms with Crippen LogP contribution in [0.25, 0.3) is 0 Å². The van der Waals surface area contributed by atoms with Crippen molar-refractivity contribution in [3.63, 3.8) is 0 Å². The van der Waals surface area contributed by atoms with Crippen LogP contribution in [0, 0.1) is 0 Å². The monoisotopic (exact) mass is 190 g/mol. The van der Waals surface area contributed by atoms with Gasteiger partial charge >= 0.3 is 0 Å². The van der Waals surface area contributed by atoms with Crippen molar-refractivity contribution >= 4 is 0 Å². The summed E-state index contributed by atoms with van der Waals surface area (Å²) in [6.07, 6.45) is 10.7. The van der Waals surface area contributed by atoms with Crippen LogP contribution in [0.15, 0.2) is 18.5 Å². The number of aromatic nitrogens is 1. The molecule has 0 spiro atoms. The summed E-state index contributed by atoms with van der Waals surface area (Å²) in [7, 11) is 0. The molecule has 1 aliphatic carbocycles. The fourth-order valence-electron chi connectivity index (χ4n) is 2.28. The Morgan fingerprint density at radius 1 is 1.21 bits per heavy atom. The summed E-state index contributed by atoms with van der Waals surface area (Å²) >= 11 is 0. The van der Waals surface area contributed by atoms with Crippen LogP contribution in [-0.2, 0) is 6.54 Å². The number of hydrogen-bond donors (Lipinski definition) is 1. The molecule has 2 rings (SSSR count). The number of nitrogens with two attached hydrogens (primary N) is 1. The fourth-order valence-corrected chi connectivity index (χ4v) is 2.28. The van der Waals surface area contributed by atoms with Crippen LogP contribution in [-0.4, -0.2) is 4.98 Å². The van der Waals surface area contributed by atoms with E-state index in [0.29, 0.717) is 6.54 Å². The molecule has 0 aromatic carbocycles. The van der Waals surface area contributed by atoms with Crippen molar-refractivity contribution in [2.45, 2.75) is 44.6 Å². The standard InChI is InChI=1S/C12H18N2/c13-7-10-6-12(9-14-8-10)11-4-2-1-3-5-11/h6,8-9,11H,1-5,7,13H2. The van der Waals surface area contributed by atoms with Crippen LogP contribution in [0.4, 0.5) is 0 Å². The third-order valence-corrected chi connectivity index (χ3v) is 3.13. The van der Waals surface area contributed by atoms with Gasteiger partial charge in [-0.05, 0) is 29.9 Å². The summed E-state index contributed by atoms with van der Waals surface area (Å²) in [6.45, 7) is 0.605. The highest BCUT2D eigenvalue weighted by atomic mass is 14.6. The predicted octanol–water partition coefficient (Wildman–Crippen LogP) is 2.59. The molecular formula is C12H18N2. The zero-order chi connectivity index (χ0) is 9.80. The molecule has 0 atom stereocenters. The quantitative estimate of drug-likeness (QED) is 0.778. The van der Waals surface area contributed by atoms with E-state index in [4.69, 9.17) is 5.73 Å². The van der Waals surface area contributed by atoms with Gasteiger partial charge in [-0.3, -0.25) is 4.98 Å². The van der Waals surface area contributed by atoms with Gasteiger partial charge in [-0.25, -0.2) is 0 Å². The summed E-state index contributed by atoms with van der Waals surface area (Å²) in [6, 6.07) is 2.23. The average Bonchev–Trinajstić information content (AvgIpc) is 2.30. The topological polar surface area (TPSA) is 38.9 Å². The summed E-state index contributed by atoms with van der Waals surface area (Å²) in [5.41, 5.74) is 8.16. The van der Waals surface area contributed by atoms with Gasteiger partial charge in [0.05, 0.1) is 0 Å². The highest BCUT2D eigenvalue weighted by Crippen LogP contribution is 2.32. The first-order valence-corrected chi connectivity index (χ1v) is 5.54. The maximum Gasteiger partial charge on any atom is 0.0312 e. The number of nitrogens with zero attached hydrogens (tertiary/aromatic N) is 1. The van der Waals surface area contributed by atoms with Crippen LogP contribution in [0.2, 0.25) is 0 Å². The van der Waals surface area contributed by atoms with Gasteiger partial charge < -0.3 is 5.73 Å². The zero-order valence-corrected chi connectivity index (χ0v) is 8.58. The van der Waals surface area contributed by atoms with E-state index in [2.05, 4.69) is 11.1 Å².